The molecule has 0 bridgehead atoms. The number of nitrogens with one attached hydrogen (secondary N) is 1. The number of benzene rings is 2. The van der Waals surface area contributed by atoms with Gasteiger partial charge in [-0.05, 0) is 56.4 Å². The molecule has 6 heteroatoms. The van der Waals surface area contributed by atoms with Crippen molar-refractivity contribution in [2.24, 2.45) is 0 Å². The number of carbonyl (C=O) groups is 2. The summed E-state index contributed by atoms with van der Waals surface area (Å²) in [5.41, 5.74) is 3.78. The molecule has 0 unspecified atom stereocenters. The van der Waals surface area contributed by atoms with Crippen molar-refractivity contribution in [3.8, 4) is 22.6 Å². The predicted molar refractivity (Wildman–Crippen MR) is 127 cm³/mol. The number of unbranched alkanes of at least 4 members (excludes halogenated alkanes) is 2. The summed E-state index contributed by atoms with van der Waals surface area (Å²) in [6, 6.07) is 6.28. The fourth-order valence-corrected chi connectivity index (χ4v) is 3.73. The zero-order chi connectivity index (χ0) is 24.0. The Morgan fingerprint density at radius 2 is 1.88 bits per heavy atom. The topological polar surface area (TPSA) is 95.9 Å². The number of amides is 1. The molecular weight excluding hydrogens is 406 g/mol. The van der Waals surface area contributed by atoms with Gasteiger partial charge in [-0.2, -0.15) is 0 Å². The average Bonchev–Trinajstić information content (AvgIpc) is 2.72. The van der Waals surface area contributed by atoms with Crippen LogP contribution in [-0.2, 0) is 16.0 Å². The Morgan fingerprint density at radius 3 is 2.47 bits per heavy atom. The standard InChI is InChI=1S/C26H33NO5/c1-7-8-9-10-18-14-21(28)23(20-13-16(4)11-12-19(20)15(2)3)24(29)22(18)25(30)27-17(5)26(31)32-6/h11-14,17,28-29H,2,7-10H2,1,3-6H3,(H,27,30)/t17-/m0/s1. The lowest BCUT2D eigenvalue weighted by atomic mass is 9.88. The van der Waals surface area contributed by atoms with Gasteiger partial charge < -0.3 is 20.3 Å². The summed E-state index contributed by atoms with van der Waals surface area (Å²) in [6.07, 6.45) is 3.23. The van der Waals surface area contributed by atoms with Crippen molar-refractivity contribution < 1.29 is 24.5 Å². The third-order valence-corrected chi connectivity index (χ3v) is 5.45. The van der Waals surface area contributed by atoms with Crippen molar-refractivity contribution in [1.82, 2.24) is 5.32 Å². The van der Waals surface area contributed by atoms with Crippen molar-refractivity contribution in [3.05, 3.63) is 53.1 Å². The van der Waals surface area contributed by atoms with E-state index in [0.717, 1.165) is 36.0 Å². The highest BCUT2D eigenvalue weighted by Gasteiger charge is 2.27. The van der Waals surface area contributed by atoms with Gasteiger partial charge in [0.15, 0.2) is 0 Å². The number of aryl methyl sites for hydroxylation is 2. The number of hydrogen-bond donors (Lipinski definition) is 3. The molecule has 0 aliphatic heterocycles. The predicted octanol–water partition coefficient (Wildman–Crippen LogP) is 5.13. The van der Waals surface area contributed by atoms with Gasteiger partial charge in [0.25, 0.3) is 5.91 Å². The van der Waals surface area contributed by atoms with E-state index in [9.17, 15) is 19.8 Å². The maximum Gasteiger partial charge on any atom is 0.328 e. The molecule has 0 saturated carbocycles. The van der Waals surface area contributed by atoms with Gasteiger partial charge in [-0.15, -0.1) is 0 Å². The molecule has 0 heterocycles. The molecule has 0 aliphatic rings. The van der Waals surface area contributed by atoms with Crippen LogP contribution in [0, 0.1) is 6.92 Å². The molecule has 3 N–H and O–H groups in total. The number of methoxy groups -OCH3 is 1. The number of ether oxygens (including phenoxy) is 1. The van der Waals surface area contributed by atoms with Gasteiger partial charge >= 0.3 is 5.97 Å². The van der Waals surface area contributed by atoms with Crippen LogP contribution >= 0.6 is 0 Å². The van der Waals surface area contributed by atoms with Crippen LogP contribution in [0.2, 0.25) is 0 Å². The lowest BCUT2D eigenvalue weighted by molar-refractivity contribution is -0.142. The van der Waals surface area contributed by atoms with E-state index in [1.165, 1.54) is 20.1 Å². The molecule has 0 saturated heterocycles. The number of allylic oxidation sites excluding steroid dienone is 1. The minimum atomic E-state index is -0.891. The van der Waals surface area contributed by atoms with Crippen LogP contribution in [0.3, 0.4) is 0 Å². The van der Waals surface area contributed by atoms with E-state index < -0.39 is 17.9 Å². The monoisotopic (exact) mass is 439 g/mol. The van der Waals surface area contributed by atoms with Crippen molar-refractivity contribution in [3.63, 3.8) is 0 Å². The average molecular weight is 440 g/mol. The summed E-state index contributed by atoms with van der Waals surface area (Å²) in [6.45, 7) is 11.3. The summed E-state index contributed by atoms with van der Waals surface area (Å²) in [5.74, 6) is -1.62. The third kappa shape index (κ3) is 5.49. The van der Waals surface area contributed by atoms with Gasteiger partial charge in [-0.1, -0.05) is 55.7 Å². The first-order valence-electron chi connectivity index (χ1n) is 10.9. The Labute approximate surface area is 189 Å². The molecule has 2 aromatic rings. The molecule has 1 atom stereocenters. The second-order valence-electron chi connectivity index (χ2n) is 8.16. The van der Waals surface area contributed by atoms with Gasteiger partial charge in [0.1, 0.15) is 17.5 Å². The molecule has 2 rings (SSSR count). The number of esters is 1. The Balaban J connectivity index is 2.70. The zero-order valence-corrected chi connectivity index (χ0v) is 19.5. The molecule has 0 aliphatic carbocycles. The molecular formula is C26H33NO5. The minimum absolute atomic E-state index is 0.0545. The number of rotatable bonds is 9. The molecule has 0 fully saturated rings. The summed E-state index contributed by atoms with van der Waals surface area (Å²) in [5, 5.41) is 24.8. The Hall–Kier alpha value is -3.28. The van der Waals surface area contributed by atoms with Crippen molar-refractivity contribution in [2.75, 3.05) is 7.11 Å². The van der Waals surface area contributed by atoms with E-state index in [2.05, 4.69) is 18.8 Å². The number of carbonyl (C=O) groups excluding carboxylic acids is 2. The van der Waals surface area contributed by atoms with Gasteiger partial charge in [0, 0.05) is 0 Å². The van der Waals surface area contributed by atoms with E-state index in [4.69, 9.17) is 4.74 Å². The fraction of sp³-hybridized carbons (Fsp3) is 0.385. The first-order valence-corrected chi connectivity index (χ1v) is 10.9. The maximum absolute atomic E-state index is 13.2. The van der Waals surface area contributed by atoms with Gasteiger partial charge in [0.05, 0.1) is 18.2 Å². The molecule has 0 aromatic heterocycles. The number of phenolic OH excluding ortho intramolecular Hbond substituents is 2. The van der Waals surface area contributed by atoms with Crippen LogP contribution in [0.4, 0.5) is 0 Å². The lowest BCUT2D eigenvalue weighted by Crippen LogP contribution is -2.39. The number of hydrogen-bond acceptors (Lipinski definition) is 5. The van der Waals surface area contributed by atoms with Crippen LogP contribution in [0.25, 0.3) is 16.7 Å². The molecule has 32 heavy (non-hydrogen) atoms. The van der Waals surface area contributed by atoms with Crippen LogP contribution in [-0.4, -0.2) is 35.2 Å². The zero-order valence-electron chi connectivity index (χ0n) is 19.5. The fourth-order valence-electron chi connectivity index (χ4n) is 3.73. The Kier molecular flexibility index (Phi) is 8.47. The van der Waals surface area contributed by atoms with E-state index in [-0.39, 0.29) is 22.6 Å². The SMILES string of the molecule is C=C(C)c1ccc(C)cc1-c1c(O)cc(CCCCC)c(C(=O)N[C@@H](C)C(=O)OC)c1O. The molecule has 1 amide bonds. The summed E-state index contributed by atoms with van der Waals surface area (Å²) in [4.78, 5) is 25.0. The van der Waals surface area contributed by atoms with Crippen LogP contribution in [0.15, 0.2) is 30.8 Å². The Morgan fingerprint density at radius 1 is 1.19 bits per heavy atom. The highest BCUT2D eigenvalue weighted by Crippen LogP contribution is 2.44. The normalized spacial score (nSPS) is 11.7. The van der Waals surface area contributed by atoms with Crippen LogP contribution in [0.1, 0.15) is 67.1 Å². The summed E-state index contributed by atoms with van der Waals surface area (Å²) < 4.78 is 4.69. The lowest BCUT2D eigenvalue weighted by Gasteiger charge is -2.20. The highest BCUT2D eigenvalue weighted by atomic mass is 16.5. The van der Waals surface area contributed by atoms with Gasteiger partial charge in [0.2, 0.25) is 0 Å². The Bertz CT molecular complexity index is 1030. The highest BCUT2D eigenvalue weighted by molar-refractivity contribution is 6.04. The van der Waals surface area contributed by atoms with E-state index in [0.29, 0.717) is 17.5 Å². The van der Waals surface area contributed by atoms with Crippen LogP contribution in [0.5, 0.6) is 11.5 Å². The molecule has 6 nitrogen and oxygen atoms in total. The van der Waals surface area contributed by atoms with E-state index in [1.807, 2.05) is 32.0 Å². The molecule has 0 radical (unpaired) electrons. The largest absolute Gasteiger partial charge is 0.507 e. The molecule has 2 aromatic carbocycles. The van der Waals surface area contributed by atoms with E-state index >= 15 is 0 Å². The smallest absolute Gasteiger partial charge is 0.328 e. The first kappa shape index (κ1) is 25.0. The van der Waals surface area contributed by atoms with Crippen molar-refractivity contribution >= 4 is 17.4 Å². The van der Waals surface area contributed by atoms with Crippen molar-refractivity contribution in [2.45, 2.75) is 59.4 Å². The number of phenols is 2. The summed E-state index contributed by atoms with van der Waals surface area (Å²) >= 11 is 0. The minimum Gasteiger partial charge on any atom is -0.507 e. The van der Waals surface area contributed by atoms with Gasteiger partial charge in [-0.3, -0.25) is 4.79 Å². The summed E-state index contributed by atoms with van der Waals surface area (Å²) in [7, 11) is 1.24. The quantitative estimate of drug-likeness (QED) is 0.372. The molecule has 172 valence electrons. The van der Waals surface area contributed by atoms with Crippen LogP contribution < -0.4 is 5.32 Å². The van der Waals surface area contributed by atoms with Crippen molar-refractivity contribution in [1.29, 1.82) is 0 Å². The van der Waals surface area contributed by atoms with Gasteiger partial charge in [-0.25, -0.2) is 4.79 Å². The second-order valence-corrected chi connectivity index (χ2v) is 8.16. The second kappa shape index (κ2) is 10.8. The molecule has 0 spiro atoms. The van der Waals surface area contributed by atoms with E-state index in [1.54, 1.807) is 0 Å². The number of aromatic hydroxyl groups is 2. The third-order valence-electron chi connectivity index (χ3n) is 5.45. The maximum atomic E-state index is 13.2. The first-order chi connectivity index (χ1) is 15.1.